The van der Waals surface area contributed by atoms with Crippen LogP contribution < -0.4 is 10.1 Å². The minimum Gasteiger partial charge on any atom is -0.496 e. The maximum absolute atomic E-state index is 5.55. The number of nitrogens with one attached hydrogen (secondary N) is 1. The molecule has 0 saturated carbocycles. The zero-order chi connectivity index (χ0) is 15.2. The Morgan fingerprint density at radius 1 is 1.05 bits per heavy atom. The van der Waals surface area contributed by atoms with Crippen molar-refractivity contribution in [1.82, 2.24) is 5.32 Å². The summed E-state index contributed by atoms with van der Waals surface area (Å²) in [6, 6.07) is 15.4. The summed E-state index contributed by atoms with van der Waals surface area (Å²) in [6.45, 7) is 7.35. The van der Waals surface area contributed by atoms with E-state index in [0.29, 0.717) is 0 Å². The molecule has 2 rings (SSSR count). The van der Waals surface area contributed by atoms with Crippen molar-refractivity contribution in [1.29, 1.82) is 0 Å². The van der Waals surface area contributed by atoms with E-state index in [1.165, 1.54) is 22.3 Å². The van der Waals surface area contributed by atoms with Crippen LogP contribution in [-0.4, -0.2) is 13.7 Å². The molecule has 1 N–H and O–H groups in total. The van der Waals surface area contributed by atoms with Gasteiger partial charge in [0.05, 0.1) is 13.2 Å². The van der Waals surface area contributed by atoms with Gasteiger partial charge < -0.3 is 10.1 Å². The summed E-state index contributed by atoms with van der Waals surface area (Å²) in [5.41, 5.74) is 5.09. The van der Waals surface area contributed by atoms with Crippen LogP contribution >= 0.6 is 0 Å². The Morgan fingerprint density at radius 2 is 1.76 bits per heavy atom. The van der Waals surface area contributed by atoms with E-state index in [1.54, 1.807) is 7.11 Å². The third-order valence-corrected chi connectivity index (χ3v) is 3.83. The van der Waals surface area contributed by atoms with E-state index in [2.05, 4.69) is 68.6 Å². The molecule has 1 unspecified atom stereocenters. The van der Waals surface area contributed by atoms with Crippen molar-refractivity contribution in [2.45, 2.75) is 33.2 Å². The van der Waals surface area contributed by atoms with Gasteiger partial charge in [-0.1, -0.05) is 55.8 Å². The van der Waals surface area contributed by atoms with E-state index in [1.807, 2.05) is 0 Å². The average Bonchev–Trinajstić information content (AvgIpc) is 2.53. The van der Waals surface area contributed by atoms with Gasteiger partial charge in [0.1, 0.15) is 5.75 Å². The van der Waals surface area contributed by atoms with Crippen molar-refractivity contribution in [3.8, 4) is 5.75 Å². The topological polar surface area (TPSA) is 21.3 Å². The van der Waals surface area contributed by atoms with Crippen LogP contribution in [0, 0.1) is 6.92 Å². The summed E-state index contributed by atoms with van der Waals surface area (Å²) in [6.07, 6.45) is 1.07. The summed E-state index contributed by atoms with van der Waals surface area (Å²) in [4.78, 5) is 0. The first kappa shape index (κ1) is 15.6. The average molecular weight is 283 g/mol. The first-order valence-electron chi connectivity index (χ1n) is 7.66. The van der Waals surface area contributed by atoms with E-state index in [-0.39, 0.29) is 6.04 Å². The molecule has 0 aliphatic heterocycles. The van der Waals surface area contributed by atoms with Gasteiger partial charge in [-0.2, -0.15) is 0 Å². The van der Waals surface area contributed by atoms with Crippen molar-refractivity contribution < 1.29 is 4.74 Å². The largest absolute Gasteiger partial charge is 0.496 e. The lowest BCUT2D eigenvalue weighted by molar-refractivity contribution is 0.404. The van der Waals surface area contributed by atoms with E-state index in [0.717, 1.165) is 18.7 Å². The first-order valence-corrected chi connectivity index (χ1v) is 7.66. The molecule has 0 aliphatic carbocycles. The number of aryl methyl sites for hydroxylation is 2. The molecule has 0 aromatic heterocycles. The second-order valence-corrected chi connectivity index (χ2v) is 5.33. The molecular weight excluding hydrogens is 258 g/mol. The molecule has 2 heteroatoms. The molecule has 0 bridgehead atoms. The van der Waals surface area contributed by atoms with Gasteiger partial charge in [-0.3, -0.25) is 0 Å². The molecule has 0 heterocycles. The van der Waals surface area contributed by atoms with Crippen molar-refractivity contribution in [3.05, 3.63) is 64.7 Å². The smallest absolute Gasteiger partial charge is 0.123 e. The fourth-order valence-corrected chi connectivity index (χ4v) is 2.64. The van der Waals surface area contributed by atoms with Gasteiger partial charge in [-0.05, 0) is 37.1 Å². The summed E-state index contributed by atoms with van der Waals surface area (Å²) >= 11 is 0. The molecule has 1 atom stereocenters. The Balaban J connectivity index is 2.44. The standard InChI is InChI=1S/C19H25NO/c1-5-15-8-10-16(11-9-15)19(20-6-2)17-13-14(3)7-12-18(17)21-4/h7-13,19-20H,5-6H2,1-4H3. The van der Waals surface area contributed by atoms with E-state index >= 15 is 0 Å². The van der Waals surface area contributed by atoms with Gasteiger partial charge in [0.15, 0.2) is 0 Å². The Labute approximate surface area is 128 Å². The molecule has 0 radical (unpaired) electrons. The predicted octanol–water partition coefficient (Wildman–Crippen LogP) is 4.26. The highest BCUT2D eigenvalue weighted by Crippen LogP contribution is 2.31. The van der Waals surface area contributed by atoms with Crippen LogP contribution in [0.1, 0.15) is 42.1 Å². The quantitative estimate of drug-likeness (QED) is 0.855. The van der Waals surface area contributed by atoms with Crippen LogP contribution in [0.3, 0.4) is 0 Å². The van der Waals surface area contributed by atoms with Crippen LogP contribution in [-0.2, 0) is 6.42 Å². The van der Waals surface area contributed by atoms with Crippen molar-refractivity contribution in [2.24, 2.45) is 0 Å². The molecular formula is C19H25NO. The number of benzene rings is 2. The lowest BCUT2D eigenvalue weighted by Crippen LogP contribution is -2.22. The van der Waals surface area contributed by atoms with Crippen molar-refractivity contribution >= 4 is 0 Å². The highest BCUT2D eigenvalue weighted by atomic mass is 16.5. The third-order valence-electron chi connectivity index (χ3n) is 3.83. The Kier molecular flexibility index (Phi) is 5.40. The lowest BCUT2D eigenvalue weighted by Gasteiger charge is -2.22. The fraction of sp³-hybridized carbons (Fsp3) is 0.368. The Morgan fingerprint density at radius 3 is 2.33 bits per heavy atom. The molecule has 21 heavy (non-hydrogen) atoms. The van der Waals surface area contributed by atoms with E-state index < -0.39 is 0 Å². The number of rotatable bonds is 6. The molecule has 0 aliphatic rings. The van der Waals surface area contributed by atoms with Crippen LogP contribution in [0.5, 0.6) is 5.75 Å². The van der Waals surface area contributed by atoms with Crippen LogP contribution in [0.15, 0.2) is 42.5 Å². The number of ether oxygens (including phenoxy) is 1. The maximum atomic E-state index is 5.55. The zero-order valence-corrected chi connectivity index (χ0v) is 13.4. The van der Waals surface area contributed by atoms with Gasteiger partial charge in [-0.25, -0.2) is 0 Å². The van der Waals surface area contributed by atoms with E-state index in [4.69, 9.17) is 4.74 Å². The van der Waals surface area contributed by atoms with Crippen LogP contribution in [0.2, 0.25) is 0 Å². The third kappa shape index (κ3) is 3.64. The minimum atomic E-state index is 0.163. The molecule has 0 spiro atoms. The number of hydrogen-bond acceptors (Lipinski definition) is 2. The highest BCUT2D eigenvalue weighted by molar-refractivity contribution is 5.44. The highest BCUT2D eigenvalue weighted by Gasteiger charge is 2.17. The minimum absolute atomic E-state index is 0.163. The van der Waals surface area contributed by atoms with Crippen LogP contribution in [0.4, 0.5) is 0 Å². The molecule has 0 amide bonds. The molecule has 2 aromatic rings. The van der Waals surface area contributed by atoms with Gasteiger partial charge in [0, 0.05) is 5.56 Å². The van der Waals surface area contributed by atoms with Crippen molar-refractivity contribution in [3.63, 3.8) is 0 Å². The molecule has 0 fully saturated rings. The molecule has 112 valence electrons. The van der Waals surface area contributed by atoms with Gasteiger partial charge in [0.25, 0.3) is 0 Å². The van der Waals surface area contributed by atoms with Gasteiger partial charge in [-0.15, -0.1) is 0 Å². The SMILES string of the molecule is CCNC(c1ccc(CC)cc1)c1cc(C)ccc1OC. The normalized spacial score (nSPS) is 12.2. The lowest BCUT2D eigenvalue weighted by atomic mass is 9.95. The Bertz CT molecular complexity index is 575. The molecule has 2 aromatic carbocycles. The van der Waals surface area contributed by atoms with Gasteiger partial charge >= 0.3 is 0 Å². The Hall–Kier alpha value is -1.80. The summed E-state index contributed by atoms with van der Waals surface area (Å²) in [5, 5.41) is 3.57. The second kappa shape index (κ2) is 7.28. The maximum Gasteiger partial charge on any atom is 0.123 e. The van der Waals surface area contributed by atoms with Gasteiger partial charge in [0.2, 0.25) is 0 Å². The van der Waals surface area contributed by atoms with Crippen molar-refractivity contribution in [2.75, 3.05) is 13.7 Å². The number of hydrogen-bond donors (Lipinski definition) is 1. The predicted molar refractivity (Wildman–Crippen MR) is 89.1 cm³/mol. The summed E-state index contributed by atoms with van der Waals surface area (Å²) < 4.78 is 5.55. The second-order valence-electron chi connectivity index (χ2n) is 5.33. The monoisotopic (exact) mass is 283 g/mol. The summed E-state index contributed by atoms with van der Waals surface area (Å²) in [7, 11) is 1.73. The molecule has 0 saturated heterocycles. The first-order chi connectivity index (χ1) is 10.2. The number of methoxy groups -OCH3 is 1. The van der Waals surface area contributed by atoms with E-state index in [9.17, 15) is 0 Å². The van der Waals surface area contributed by atoms with Crippen LogP contribution in [0.25, 0.3) is 0 Å². The zero-order valence-electron chi connectivity index (χ0n) is 13.4. The fourth-order valence-electron chi connectivity index (χ4n) is 2.64. The molecule has 2 nitrogen and oxygen atoms in total. The summed E-state index contributed by atoms with van der Waals surface area (Å²) in [5.74, 6) is 0.936.